The molecule has 124 valence electrons. The first kappa shape index (κ1) is 16.0. The number of aromatic nitrogens is 1. The van der Waals surface area contributed by atoms with Crippen molar-refractivity contribution < 1.29 is 5.21 Å². The fraction of sp³-hybridized carbons (Fsp3) is 0.143. The largest absolute Gasteiger partial charge is 0.411 e. The van der Waals surface area contributed by atoms with Crippen molar-refractivity contribution in [3.63, 3.8) is 0 Å². The average Bonchev–Trinajstić information content (AvgIpc) is 2.95. The van der Waals surface area contributed by atoms with Gasteiger partial charge in [0, 0.05) is 35.6 Å². The van der Waals surface area contributed by atoms with Gasteiger partial charge < -0.3 is 5.21 Å². The Morgan fingerprint density at radius 1 is 1.00 bits per heavy atom. The summed E-state index contributed by atoms with van der Waals surface area (Å²) < 4.78 is 1.08. The lowest BCUT2D eigenvalue weighted by Crippen LogP contribution is -2.10. The summed E-state index contributed by atoms with van der Waals surface area (Å²) >= 11 is 3.58. The second-order valence-electron chi connectivity index (χ2n) is 6.27. The van der Waals surface area contributed by atoms with Gasteiger partial charge in [-0.15, -0.1) is 0 Å². The first-order chi connectivity index (χ1) is 12.3. The van der Waals surface area contributed by atoms with Crippen molar-refractivity contribution in [3.05, 3.63) is 88.2 Å². The maximum atomic E-state index is 9.55. The average molecular weight is 393 g/mol. The quantitative estimate of drug-likeness (QED) is 0.366. The maximum Gasteiger partial charge on any atom is 0.0623 e. The van der Waals surface area contributed by atoms with Gasteiger partial charge in [-0.1, -0.05) is 51.4 Å². The van der Waals surface area contributed by atoms with E-state index >= 15 is 0 Å². The molecular weight excluding hydrogens is 376 g/mol. The Morgan fingerprint density at radius 3 is 2.56 bits per heavy atom. The van der Waals surface area contributed by atoms with Crippen LogP contribution in [0.25, 0.3) is 11.1 Å². The maximum absolute atomic E-state index is 9.55. The first-order valence-corrected chi connectivity index (χ1v) is 9.03. The Labute approximate surface area is 155 Å². The zero-order valence-corrected chi connectivity index (χ0v) is 15.1. The number of hydrogen-bond acceptors (Lipinski definition) is 3. The number of halogens is 1. The van der Waals surface area contributed by atoms with Gasteiger partial charge in [0.1, 0.15) is 0 Å². The molecule has 0 spiro atoms. The van der Waals surface area contributed by atoms with Gasteiger partial charge in [0.25, 0.3) is 0 Å². The molecular formula is C21H17BrN2O. The molecule has 0 saturated carbocycles. The Bertz CT molecular complexity index is 938. The molecule has 0 fully saturated rings. The molecule has 0 unspecified atom stereocenters. The highest BCUT2D eigenvalue weighted by molar-refractivity contribution is 9.10. The van der Waals surface area contributed by atoms with Crippen LogP contribution in [0, 0.1) is 0 Å². The zero-order valence-electron chi connectivity index (χ0n) is 13.6. The van der Waals surface area contributed by atoms with Crippen LogP contribution in [0.1, 0.15) is 29.0 Å². The lowest BCUT2D eigenvalue weighted by Gasteiger charge is -2.15. The van der Waals surface area contributed by atoms with Crippen molar-refractivity contribution in [3.8, 4) is 11.1 Å². The van der Waals surface area contributed by atoms with Crippen molar-refractivity contribution in [2.24, 2.45) is 5.16 Å². The minimum atomic E-state index is 0.215. The van der Waals surface area contributed by atoms with E-state index in [1.807, 2.05) is 12.1 Å². The molecule has 1 aliphatic rings. The molecule has 0 aliphatic heterocycles. The number of rotatable bonds is 4. The third kappa shape index (κ3) is 3.10. The fourth-order valence-electron chi connectivity index (χ4n) is 3.62. The summed E-state index contributed by atoms with van der Waals surface area (Å²) in [6.07, 6.45) is 4.86. The van der Waals surface area contributed by atoms with E-state index in [0.717, 1.165) is 15.7 Å². The lowest BCUT2D eigenvalue weighted by atomic mass is 9.90. The fourth-order valence-corrected chi connectivity index (χ4v) is 3.98. The number of fused-ring (bicyclic) bond motifs is 3. The van der Waals surface area contributed by atoms with E-state index in [0.29, 0.717) is 12.8 Å². The van der Waals surface area contributed by atoms with Gasteiger partial charge in [0.2, 0.25) is 0 Å². The monoisotopic (exact) mass is 392 g/mol. The number of nitrogens with zero attached hydrogens (tertiary/aromatic N) is 2. The minimum Gasteiger partial charge on any atom is -0.411 e. The molecule has 3 nitrogen and oxygen atoms in total. The van der Waals surface area contributed by atoms with Crippen molar-refractivity contribution in [2.75, 3.05) is 0 Å². The van der Waals surface area contributed by atoms with E-state index in [9.17, 15) is 5.21 Å². The number of benzene rings is 2. The molecule has 1 N–H and O–H groups in total. The van der Waals surface area contributed by atoms with Crippen LogP contribution in [-0.2, 0) is 6.42 Å². The van der Waals surface area contributed by atoms with Crippen molar-refractivity contribution in [1.82, 2.24) is 4.98 Å². The summed E-state index contributed by atoms with van der Waals surface area (Å²) in [4.78, 5) is 4.04. The summed E-state index contributed by atoms with van der Waals surface area (Å²) in [5, 5.41) is 13.1. The van der Waals surface area contributed by atoms with E-state index in [4.69, 9.17) is 0 Å². The van der Waals surface area contributed by atoms with Crippen molar-refractivity contribution in [2.45, 2.75) is 18.8 Å². The third-order valence-corrected chi connectivity index (χ3v) is 5.25. The molecule has 0 saturated heterocycles. The van der Waals surface area contributed by atoms with Crippen LogP contribution in [0.2, 0.25) is 0 Å². The van der Waals surface area contributed by atoms with Gasteiger partial charge >= 0.3 is 0 Å². The summed E-state index contributed by atoms with van der Waals surface area (Å²) in [6.45, 7) is 0. The highest BCUT2D eigenvalue weighted by atomic mass is 79.9. The van der Waals surface area contributed by atoms with Crippen molar-refractivity contribution in [1.29, 1.82) is 0 Å². The lowest BCUT2D eigenvalue weighted by molar-refractivity contribution is 0.316. The van der Waals surface area contributed by atoms with E-state index in [1.54, 1.807) is 12.4 Å². The van der Waals surface area contributed by atoms with Crippen LogP contribution in [0.4, 0.5) is 0 Å². The third-order valence-electron chi connectivity index (χ3n) is 4.76. The number of oxime groups is 1. The Kier molecular flexibility index (Phi) is 4.36. The molecule has 1 heterocycles. The standard InChI is InChI=1S/C21H17BrN2O/c22-15-5-6-19-20(12-15)17-3-1-2-4-18(17)21(19)13-16(24-25)11-14-7-9-23-10-8-14/h1-10,12,21,25H,11,13H2/b24-16-/t21-/m0/s1. The molecule has 25 heavy (non-hydrogen) atoms. The molecule has 0 amide bonds. The van der Waals surface area contributed by atoms with Gasteiger partial charge in [0.15, 0.2) is 0 Å². The molecule has 4 heteroatoms. The van der Waals surface area contributed by atoms with Crippen LogP contribution < -0.4 is 0 Å². The van der Waals surface area contributed by atoms with Gasteiger partial charge in [-0.2, -0.15) is 0 Å². The van der Waals surface area contributed by atoms with Crippen molar-refractivity contribution >= 4 is 21.6 Å². The van der Waals surface area contributed by atoms with E-state index in [-0.39, 0.29) is 5.92 Å². The topological polar surface area (TPSA) is 45.5 Å². The van der Waals surface area contributed by atoms with Crippen LogP contribution in [0.5, 0.6) is 0 Å². The van der Waals surface area contributed by atoms with E-state index < -0.39 is 0 Å². The predicted molar refractivity (Wildman–Crippen MR) is 103 cm³/mol. The van der Waals surface area contributed by atoms with Gasteiger partial charge in [0.05, 0.1) is 5.71 Å². The van der Waals surface area contributed by atoms with Gasteiger partial charge in [-0.3, -0.25) is 4.98 Å². The molecule has 1 aromatic heterocycles. The second-order valence-corrected chi connectivity index (χ2v) is 7.19. The SMILES string of the molecule is O/N=C(/Cc1ccncc1)C[C@H]1c2ccccc2-c2cc(Br)ccc21. The molecule has 1 aliphatic carbocycles. The summed E-state index contributed by atoms with van der Waals surface area (Å²) in [6, 6.07) is 18.8. The van der Waals surface area contributed by atoms with Crippen LogP contribution >= 0.6 is 15.9 Å². The van der Waals surface area contributed by atoms with Crippen LogP contribution in [-0.4, -0.2) is 15.9 Å². The van der Waals surface area contributed by atoms with Crippen LogP contribution in [0.15, 0.2) is 76.6 Å². The van der Waals surface area contributed by atoms with Crippen LogP contribution in [0.3, 0.4) is 0 Å². The zero-order chi connectivity index (χ0) is 17.2. The molecule has 4 rings (SSSR count). The van der Waals surface area contributed by atoms with Gasteiger partial charge in [-0.05, 0) is 52.1 Å². The normalized spacial score (nSPS) is 15.7. The van der Waals surface area contributed by atoms with Gasteiger partial charge in [-0.25, -0.2) is 0 Å². The smallest absolute Gasteiger partial charge is 0.0623 e. The van der Waals surface area contributed by atoms with E-state index in [2.05, 4.69) is 68.5 Å². The highest BCUT2D eigenvalue weighted by Gasteiger charge is 2.29. The summed E-state index contributed by atoms with van der Waals surface area (Å²) in [5.41, 5.74) is 7.00. The Hall–Kier alpha value is -2.46. The minimum absolute atomic E-state index is 0.215. The summed E-state index contributed by atoms with van der Waals surface area (Å²) in [7, 11) is 0. The Balaban J connectivity index is 1.68. The molecule has 2 aromatic carbocycles. The molecule has 0 radical (unpaired) electrons. The molecule has 3 aromatic rings. The molecule has 0 bridgehead atoms. The predicted octanol–water partition coefficient (Wildman–Crippen LogP) is 5.42. The number of pyridine rings is 1. The van der Waals surface area contributed by atoms with E-state index in [1.165, 1.54) is 22.3 Å². The highest BCUT2D eigenvalue weighted by Crippen LogP contribution is 2.47. The number of hydrogen-bond donors (Lipinski definition) is 1. The summed E-state index contributed by atoms with van der Waals surface area (Å²) in [5.74, 6) is 0.215. The Morgan fingerprint density at radius 2 is 1.76 bits per heavy atom. The first-order valence-electron chi connectivity index (χ1n) is 8.23. The second kappa shape index (κ2) is 6.81. The molecule has 1 atom stereocenters.